The second-order valence-electron chi connectivity index (χ2n) is 8.54. The largest absolute Gasteiger partial charge is 0.389 e. The summed E-state index contributed by atoms with van der Waals surface area (Å²) in [4.78, 5) is 6.76. The fourth-order valence-corrected chi connectivity index (χ4v) is 5.06. The van der Waals surface area contributed by atoms with Crippen molar-refractivity contribution in [3.63, 3.8) is 0 Å². The molecule has 5 rings (SSSR count). The third-order valence-electron chi connectivity index (χ3n) is 6.56. The van der Waals surface area contributed by atoms with Crippen molar-refractivity contribution in [1.82, 2.24) is 9.88 Å². The number of nitrogens with zero attached hydrogens (tertiary/aromatic N) is 2. The van der Waals surface area contributed by atoms with Crippen molar-refractivity contribution in [2.75, 3.05) is 13.1 Å². The van der Waals surface area contributed by atoms with Crippen LogP contribution >= 0.6 is 0 Å². The SMILES string of the molecule is OC1CCN(C(c2ccccc2)(c2ccccc2)c2ccccc2)C/C1=C\c1cccnc1. The van der Waals surface area contributed by atoms with Gasteiger partial charge in [0.15, 0.2) is 0 Å². The molecule has 0 bridgehead atoms. The zero-order valence-electron chi connectivity index (χ0n) is 18.6. The second kappa shape index (κ2) is 9.53. The highest BCUT2D eigenvalue weighted by atomic mass is 16.3. The molecule has 1 aliphatic heterocycles. The van der Waals surface area contributed by atoms with Gasteiger partial charge in [-0.3, -0.25) is 9.88 Å². The van der Waals surface area contributed by atoms with Crippen LogP contribution in [0.5, 0.6) is 0 Å². The highest BCUT2D eigenvalue weighted by Gasteiger charge is 2.44. The quantitative estimate of drug-likeness (QED) is 0.422. The fourth-order valence-electron chi connectivity index (χ4n) is 5.06. The lowest BCUT2D eigenvalue weighted by Crippen LogP contribution is -2.52. The molecule has 0 aliphatic carbocycles. The predicted molar refractivity (Wildman–Crippen MR) is 134 cm³/mol. The number of piperidine rings is 1. The molecule has 0 radical (unpaired) electrons. The van der Waals surface area contributed by atoms with Crippen molar-refractivity contribution >= 4 is 6.08 Å². The van der Waals surface area contributed by atoms with Crippen LogP contribution in [0, 0.1) is 0 Å². The topological polar surface area (TPSA) is 36.4 Å². The van der Waals surface area contributed by atoms with E-state index in [1.165, 1.54) is 16.7 Å². The lowest BCUT2D eigenvalue weighted by atomic mass is 9.74. The normalized spacial score (nSPS) is 18.3. The Labute approximate surface area is 195 Å². The summed E-state index contributed by atoms with van der Waals surface area (Å²) in [5, 5.41) is 10.9. The maximum Gasteiger partial charge on any atom is 0.0975 e. The summed E-state index contributed by atoms with van der Waals surface area (Å²) in [5.74, 6) is 0. The van der Waals surface area contributed by atoms with E-state index >= 15 is 0 Å². The lowest BCUT2D eigenvalue weighted by molar-refractivity contribution is 0.0872. The maximum absolute atomic E-state index is 10.9. The molecule has 1 aromatic heterocycles. The van der Waals surface area contributed by atoms with Gasteiger partial charge < -0.3 is 5.11 Å². The molecule has 1 aliphatic rings. The lowest BCUT2D eigenvalue weighted by Gasteiger charge is -2.48. The van der Waals surface area contributed by atoms with Gasteiger partial charge in [0.25, 0.3) is 0 Å². The van der Waals surface area contributed by atoms with Crippen LogP contribution in [0.1, 0.15) is 28.7 Å². The van der Waals surface area contributed by atoms with E-state index in [0.29, 0.717) is 13.0 Å². The molecule has 2 heterocycles. The van der Waals surface area contributed by atoms with Crippen molar-refractivity contribution in [2.24, 2.45) is 0 Å². The van der Waals surface area contributed by atoms with Crippen LogP contribution in [0.3, 0.4) is 0 Å². The van der Waals surface area contributed by atoms with Crippen LogP contribution in [-0.2, 0) is 5.54 Å². The van der Waals surface area contributed by atoms with Crippen LogP contribution < -0.4 is 0 Å². The van der Waals surface area contributed by atoms with E-state index in [4.69, 9.17) is 0 Å². The Kier molecular flexibility index (Phi) is 6.16. The van der Waals surface area contributed by atoms with Gasteiger partial charge in [-0.2, -0.15) is 0 Å². The Balaban J connectivity index is 1.70. The van der Waals surface area contributed by atoms with Crippen molar-refractivity contribution in [1.29, 1.82) is 0 Å². The van der Waals surface area contributed by atoms with Crippen LogP contribution in [0.25, 0.3) is 6.08 Å². The standard InChI is InChI=1S/C30H28N2O/c33-29-18-20-32(23-25(29)21-24-11-10-19-31-22-24)30(26-12-4-1-5-13-26,27-14-6-2-7-15-27)28-16-8-3-9-17-28/h1-17,19,21-22,29,33H,18,20,23H2/b25-21+. The first kappa shape index (κ1) is 21.3. The van der Waals surface area contributed by atoms with Gasteiger partial charge in [-0.25, -0.2) is 0 Å². The average molecular weight is 433 g/mol. The molecule has 1 N–H and O–H groups in total. The summed E-state index contributed by atoms with van der Waals surface area (Å²) in [5.41, 5.74) is 5.22. The number of aliphatic hydroxyl groups excluding tert-OH is 1. The van der Waals surface area contributed by atoms with Gasteiger partial charge >= 0.3 is 0 Å². The Morgan fingerprint density at radius 3 is 1.79 bits per heavy atom. The summed E-state index contributed by atoms with van der Waals surface area (Å²) >= 11 is 0. The van der Waals surface area contributed by atoms with Crippen molar-refractivity contribution in [3.05, 3.63) is 143 Å². The van der Waals surface area contributed by atoms with E-state index in [1.807, 2.05) is 18.3 Å². The minimum atomic E-state index is -0.474. The molecule has 0 spiro atoms. The van der Waals surface area contributed by atoms with Gasteiger partial charge in [-0.15, -0.1) is 0 Å². The summed E-state index contributed by atoms with van der Waals surface area (Å²) in [6, 6.07) is 36.1. The highest BCUT2D eigenvalue weighted by Crippen LogP contribution is 2.44. The molecule has 1 atom stereocenters. The number of benzene rings is 3. The van der Waals surface area contributed by atoms with E-state index in [2.05, 4.69) is 107 Å². The Morgan fingerprint density at radius 2 is 1.30 bits per heavy atom. The molecule has 1 saturated heterocycles. The fraction of sp³-hybridized carbons (Fsp3) is 0.167. The van der Waals surface area contributed by atoms with E-state index in [9.17, 15) is 5.11 Å². The Bertz CT molecular complexity index is 1090. The number of likely N-dealkylation sites (tertiary alicyclic amines) is 1. The summed E-state index contributed by atoms with van der Waals surface area (Å²) in [7, 11) is 0. The van der Waals surface area contributed by atoms with Crippen LogP contribution in [0.15, 0.2) is 121 Å². The molecule has 0 amide bonds. The third kappa shape index (κ3) is 4.13. The van der Waals surface area contributed by atoms with Gasteiger partial charge in [0.05, 0.1) is 11.6 Å². The number of pyridine rings is 1. The first-order valence-corrected chi connectivity index (χ1v) is 11.5. The monoisotopic (exact) mass is 432 g/mol. The third-order valence-corrected chi connectivity index (χ3v) is 6.56. The number of aliphatic hydroxyl groups is 1. The Hall–Kier alpha value is -3.53. The van der Waals surface area contributed by atoms with E-state index in [-0.39, 0.29) is 0 Å². The summed E-state index contributed by atoms with van der Waals surface area (Å²) < 4.78 is 0. The van der Waals surface area contributed by atoms with Gasteiger partial charge in [-0.05, 0) is 40.3 Å². The minimum absolute atomic E-state index is 0.457. The van der Waals surface area contributed by atoms with E-state index in [0.717, 1.165) is 17.7 Å². The molecule has 164 valence electrons. The first-order valence-electron chi connectivity index (χ1n) is 11.5. The average Bonchev–Trinajstić information content (AvgIpc) is 2.89. The number of aromatic nitrogens is 1. The number of hydrogen-bond donors (Lipinski definition) is 1. The molecule has 0 saturated carbocycles. The van der Waals surface area contributed by atoms with Crippen molar-refractivity contribution < 1.29 is 5.11 Å². The molecule has 1 fully saturated rings. The summed E-state index contributed by atoms with van der Waals surface area (Å²) in [6.45, 7) is 1.44. The molecular formula is C30H28N2O. The van der Waals surface area contributed by atoms with Crippen molar-refractivity contribution in [2.45, 2.75) is 18.1 Å². The van der Waals surface area contributed by atoms with Gasteiger partial charge in [0.2, 0.25) is 0 Å². The molecule has 3 nitrogen and oxygen atoms in total. The first-order chi connectivity index (χ1) is 16.3. The molecule has 1 unspecified atom stereocenters. The van der Waals surface area contributed by atoms with Gasteiger partial charge in [0.1, 0.15) is 0 Å². The highest BCUT2D eigenvalue weighted by molar-refractivity contribution is 5.55. The predicted octanol–water partition coefficient (Wildman–Crippen LogP) is 5.52. The van der Waals surface area contributed by atoms with Gasteiger partial charge in [-0.1, -0.05) is 103 Å². The van der Waals surface area contributed by atoms with Crippen LogP contribution in [0.2, 0.25) is 0 Å². The number of hydrogen-bond acceptors (Lipinski definition) is 3. The Morgan fingerprint density at radius 1 is 0.758 bits per heavy atom. The summed E-state index contributed by atoms with van der Waals surface area (Å²) in [6.07, 6.45) is 5.94. The van der Waals surface area contributed by atoms with E-state index < -0.39 is 11.6 Å². The van der Waals surface area contributed by atoms with Crippen LogP contribution in [0.4, 0.5) is 0 Å². The molecule has 3 aromatic carbocycles. The van der Waals surface area contributed by atoms with Crippen molar-refractivity contribution in [3.8, 4) is 0 Å². The van der Waals surface area contributed by atoms with E-state index in [1.54, 1.807) is 6.20 Å². The van der Waals surface area contributed by atoms with Crippen LogP contribution in [-0.4, -0.2) is 34.2 Å². The second-order valence-corrected chi connectivity index (χ2v) is 8.54. The maximum atomic E-state index is 10.9. The molecule has 33 heavy (non-hydrogen) atoms. The molecule has 3 heteroatoms. The molecular weight excluding hydrogens is 404 g/mol. The zero-order valence-corrected chi connectivity index (χ0v) is 18.6. The minimum Gasteiger partial charge on any atom is -0.389 e. The number of rotatable bonds is 5. The molecule has 4 aromatic rings. The van der Waals surface area contributed by atoms with Gasteiger partial charge in [0, 0.05) is 25.5 Å². The smallest absolute Gasteiger partial charge is 0.0975 e. The zero-order chi connectivity index (χ0) is 22.5.